The fourth-order valence-electron chi connectivity index (χ4n) is 1.51. The first-order valence-electron chi connectivity index (χ1n) is 6.10. The maximum absolute atomic E-state index is 11.5. The number of carbonyl (C=O) groups excluding carboxylic acids is 1. The fourth-order valence-corrected chi connectivity index (χ4v) is 2.18. The molecule has 0 spiro atoms. The number of hydrogen-bond acceptors (Lipinski definition) is 2. The number of rotatable bonds is 6. The maximum Gasteiger partial charge on any atom is 0.220 e. The van der Waals surface area contributed by atoms with E-state index < -0.39 is 0 Å². The van der Waals surface area contributed by atoms with Gasteiger partial charge in [-0.05, 0) is 29.4 Å². The van der Waals surface area contributed by atoms with Gasteiger partial charge in [0.1, 0.15) is 0 Å². The van der Waals surface area contributed by atoms with Crippen LogP contribution in [0.5, 0.6) is 0 Å². The monoisotopic (exact) mass is 251 g/mol. The molecule has 0 radical (unpaired) electrons. The van der Waals surface area contributed by atoms with Crippen molar-refractivity contribution in [3.8, 4) is 0 Å². The van der Waals surface area contributed by atoms with Crippen LogP contribution in [0.15, 0.2) is 29.2 Å². The highest BCUT2D eigenvalue weighted by Gasteiger charge is 2.04. The number of hydrogen-bond donors (Lipinski definition) is 1. The molecule has 0 unspecified atom stereocenters. The third-order valence-corrected chi connectivity index (χ3v) is 3.21. The number of carbonyl (C=O) groups is 1. The van der Waals surface area contributed by atoms with Crippen molar-refractivity contribution in [1.82, 2.24) is 5.32 Å². The molecule has 94 valence electrons. The van der Waals surface area contributed by atoms with Crippen LogP contribution >= 0.6 is 11.8 Å². The molecule has 1 N–H and O–H groups in total. The van der Waals surface area contributed by atoms with E-state index in [1.165, 1.54) is 4.90 Å². The van der Waals surface area contributed by atoms with E-state index in [0.29, 0.717) is 18.9 Å². The van der Waals surface area contributed by atoms with Crippen LogP contribution < -0.4 is 5.32 Å². The summed E-state index contributed by atoms with van der Waals surface area (Å²) in [6.45, 7) is 6.88. The lowest BCUT2D eigenvalue weighted by atomic mass is 10.1. The Bertz CT molecular complexity index is 346. The summed E-state index contributed by atoms with van der Waals surface area (Å²) in [4.78, 5) is 12.8. The molecule has 0 aliphatic carbocycles. The van der Waals surface area contributed by atoms with Gasteiger partial charge in [-0.15, -0.1) is 11.8 Å². The van der Waals surface area contributed by atoms with Crippen molar-refractivity contribution in [2.45, 2.75) is 38.6 Å². The van der Waals surface area contributed by atoms with Crippen LogP contribution in [0.25, 0.3) is 0 Å². The molecule has 1 amide bonds. The van der Waals surface area contributed by atoms with Crippen molar-refractivity contribution < 1.29 is 4.79 Å². The molecule has 0 saturated carbocycles. The zero-order valence-electron chi connectivity index (χ0n) is 10.8. The van der Waals surface area contributed by atoms with Crippen LogP contribution in [0.2, 0.25) is 0 Å². The van der Waals surface area contributed by atoms with Gasteiger partial charge in [-0.1, -0.05) is 32.9 Å². The SMILES string of the molecule is CCSc1ccc(CNC(=O)CC(C)C)cc1. The van der Waals surface area contributed by atoms with E-state index in [9.17, 15) is 4.79 Å². The van der Waals surface area contributed by atoms with Crippen molar-refractivity contribution in [3.05, 3.63) is 29.8 Å². The molecule has 17 heavy (non-hydrogen) atoms. The first-order valence-corrected chi connectivity index (χ1v) is 7.08. The third kappa shape index (κ3) is 5.78. The van der Waals surface area contributed by atoms with Gasteiger partial charge < -0.3 is 5.32 Å². The van der Waals surface area contributed by atoms with Crippen LogP contribution in [0.4, 0.5) is 0 Å². The average molecular weight is 251 g/mol. The molecule has 0 atom stereocenters. The maximum atomic E-state index is 11.5. The van der Waals surface area contributed by atoms with Crippen molar-refractivity contribution in [3.63, 3.8) is 0 Å². The van der Waals surface area contributed by atoms with Crippen LogP contribution in [0.3, 0.4) is 0 Å². The second-order valence-corrected chi connectivity index (χ2v) is 5.79. The molecule has 0 heterocycles. The summed E-state index contributed by atoms with van der Waals surface area (Å²) in [5.74, 6) is 1.63. The van der Waals surface area contributed by atoms with Crippen molar-refractivity contribution >= 4 is 17.7 Å². The molecule has 0 aliphatic heterocycles. The van der Waals surface area contributed by atoms with Gasteiger partial charge in [0.15, 0.2) is 0 Å². The molecule has 0 aliphatic rings. The Morgan fingerprint density at radius 1 is 1.29 bits per heavy atom. The number of thioether (sulfide) groups is 1. The van der Waals surface area contributed by atoms with E-state index in [-0.39, 0.29) is 5.91 Å². The summed E-state index contributed by atoms with van der Waals surface area (Å²) in [5, 5.41) is 2.94. The first kappa shape index (κ1) is 14.1. The smallest absolute Gasteiger partial charge is 0.220 e. The first-order chi connectivity index (χ1) is 8.11. The van der Waals surface area contributed by atoms with Gasteiger partial charge >= 0.3 is 0 Å². The summed E-state index contributed by atoms with van der Waals surface area (Å²) in [5.41, 5.74) is 1.16. The Kier molecular flexibility index (Phi) is 6.12. The average Bonchev–Trinajstić information content (AvgIpc) is 2.28. The van der Waals surface area contributed by atoms with Gasteiger partial charge in [0.05, 0.1) is 0 Å². The second kappa shape index (κ2) is 7.38. The molecule has 1 aromatic carbocycles. The van der Waals surface area contributed by atoms with E-state index in [1.807, 2.05) is 11.8 Å². The molecular weight excluding hydrogens is 230 g/mol. The van der Waals surface area contributed by atoms with Gasteiger partial charge in [-0.25, -0.2) is 0 Å². The summed E-state index contributed by atoms with van der Waals surface area (Å²) >= 11 is 1.83. The standard InChI is InChI=1S/C14H21NOS/c1-4-17-13-7-5-12(6-8-13)10-15-14(16)9-11(2)3/h5-8,11H,4,9-10H2,1-3H3,(H,15,16). The van der Waals surface area contributed by atoms with E-state index in [0.717, 1.165) is 11.3 Å². The number of benzene rings is 1. The van der Waals surface area contributed by atoms with Gasteiger partial charge in [-0.3, -0.25) is 4.79 Å². The predicted octanol–water partition coefficient (Wildman–Crippen LogP) is 3.46. The highest BCUT2D eigenvalue weighted by atomic mass is 32.2. The summed E-state index contributed by atoms with van der Waals surface area (Å²) < 4.78 is 0. The van der Waals surface area contributed by atoms with Gasteiger partial charge in [-0.2, -0.15) is 0 Å². The number of amides is 1. The molecule has 0 saturated heterocycles. The molecule has 3 heteroatoms. The molecule has 1 rings (SSSR count). The summed E-state index contributed by atoms with van der Waals surface area (Å²) in [6, 6.07) is 8.37. The molecular formula is C14H21NOS. The van der Waals surface area contributed by atoms with Gasteiger partial charge in [0.25, 0.3) is 0 Å². The predicted molar refractivity (Wildman–Crippen MR) is 74.1 cm³/mol. The van der Waals surface area contributed by atoms with E-state index in [2.05, 4.69) is 50.4 Å². The quantitative estimate of drug-likeness (QED) is 0.784. The largest absolute Gasteiger partial charge is 0.352 e. The molecule has 1 aromatic rings. The molecule has 0 bridgehead atoms. The lowest BCUT2D eigenvalue weighted by molar-refractivity contribution is -0.121. The van der Waals surface area contributed by atoms with Gasteiger partial charge in [0.2, 0.25) is 5.91 Å². The van der Waals surface area contributed by atoms with Crippen LogP contribution in [0, 0.1) is 5.92 Å². The van der Waals surface area contributed by atoms with E-state index in [4.69, 9.17) is 0 Å². The third-order valence-electron chi connectivity index (χ3n) is 2.32. The Morgan fingerprint density at radius 2 is 1.94 bits per heavy atom. The van der Waals surface area contributed by atoms with Crippen LogP contribution in [-0.2, 0) is 11.3 Å². The Morgan fingerprint density at radius 3 is 2.47 bits per heavy atom. The normalized spacial score (nSPS) is 10.6. The van der Waals surface area contributed by atoms with Crippen molar-refractivity contribution in [2.75, 3.05) is 5.75 Å². The Balaban J connectivity index is 2.39. The lowest BCUT2D eigenvalue weighted by Crippen LogP contribution is -2.23. The van der Waals surface area contributed by atoms with Crippen molar-refractivity contribution in [2.24, 2.45) is 5.92 Å². The minimum absolute atomic E-state index is 0.131. The topological polar surface area (TPSA) is 29.1 Å². The lowest BCUT2D eigenvalue weighted by Gasteiger charge is -2.07. The Hall–Kier alpha value is -0.960. The summed E-state index contributed by atoms with van der Waals surface area (Å²) in [7, 11) is 0. The second-order valence-electron chi connectivity index (χ2n) is 4.45. The highest BCUT2D eigenvalue weighted by Crippen LogP contribution is 2.17. The molecule has 0 fully saturated rings. The minimum Gasteiger partial charge on any atom is -0.352 e. The van der Waals surface area contributed by atoms with E-state index in [1.54, 1.807) is 0 Å². The van der Waals surface area contributed by atoms with Crippen LogP contribution in [-0.4, -0.2) is 11.7 Å². The summed E-state index contributed by atoms with van der Waals surface area (Å²) in [6.07, 6.45) is 0.601. The van der Waals surface area contributed by atoms with Gasteiger partial charge in [0, 0.05) is 17.9 Å². The molecule has 0 aromatic heterocycles. The minimum atomic E-state index is 0.131. The zero-order chi connectivity index (χ0) is 12.7. The van der Waals surface area contributed by atoms with Crippen LogP contribution in [0.1, 0.15) is 32.8 Å². The van der Waals surface area contributed by atoms with Crippen molar-refractivity contribution in [1.29, 1.82) is 0 Å². The number of nitrogens with one attached hydrogen (secondary N) is 1. The Labute approximate surface area is 108 Å². The zero-order valence-corrected chi connectivity index (χ0v) is 11.6. The molecule has 2 nitrogen and oxygen atoms in total. The fraction of sp³-hybridized carbons (Fsp3) is 0.500. The van der Waals surface area contributed by atoms with E-state index >= 15 is 0 Å². The highest BCUT2D eigenvalue weighted by molar-refractivity contribution is 7.99.